The maximum absolute atomic E-state index is 11.6. The van der Waals surface area contributed by atoms with Crippen LogP contribution < -0.4 is 0 Å². The Balaban J connectivity index is 1.95. The molecule has 0 bridgehead atoms. The summed E-state index contributed by atoms with van der Waals surface area (Å²) in [5, 5.41) is 0. The van der Waals surface area contributed by atoms with Crippen LogP contribution in [0, 0.1) is 12.8 Å². The zero-order valence-corrected chi connectivity index (χ0v) is 8.62. The molecule has 0 aromatic heterocycles. The van der Waals surface area contributed by atoms with Crippen molar-refractivity contribution in [2.75, 3.05) is 0 Å². The Hall–Kier alpha value is -1.11. The van der Waals surface area contributed by atoms with Crippen LogP contribution in [0.2, 0.25) is 0 Å². The summed E-state index contributed by atoms with van der Waals surface area (Å²) in [5.74, 6) is 1.12. The molecule has 0 heterocycles. The molecule has 74 valence electrons. The fourth-order valence-corrected chi connectivity index (χ4v) is 1.74. The molecule has 0 aliphatic heterocycles. The van der Waals surface area contributed by atoms with Gasteiger partial charge in [-0.2, -0.15) is 0 Å². The van der Waals surface area contributed by atoms with Crippen molar-refractivity contribution >= 4 is 5.78 Å². The quantitative estimate of drug-likeness (QED) is 0.710. The van der Waals surface area contributed by atoms with Crippen LogP contribution in [-0.2, 0) is 11.2 Å². The number of hydrogen-bond donors (Lipinski definition) is 0. The molecule has 1 heteroatoms. The molecule has 1 aromatic rings. The van der Waals surface area contributed by atoms with E-state index < -0.39 is 0 Å². The molecule has 1 saturated carbocycles. The summed E-state index contributed by atoms with van der Waals surface area (Å²) < 4.78 is 0. The van der Waals surface area contributed by atoms with E-state index in [1.54, 1.807) is 0 Å². The lowest BCUT2D eigenvalue weighted by Crippen LogP contribution is -2.04. The number of hydrogen-bond acceptors (Lipinski definition) is 1. The first-order valence-electron chi connectivity index (χ1n) is 5.32. The van der Waals surface area contributed by atoms with E-state index in [1.165, 1.54) is 24.0 Å². The Morgan fingerprint density at radius 2 is 2.07 bits per heavy atom. The lowest BCUT2D eigenvalue weighted by molar-refractivity contribution is -0.118. The number of Topliss-reactive ketones (excluding diaryl/α,β-unsaturated/α-hetero) is 1. The molecule has 1 aliphatic rings. The lowest BCUT2D eigenvalue weighted by Gasteiger charge is -2.03. The topological polar surface area (TPSA) is 17.1 Å². The lowest BCUT2D eigenvalue weighted by atomic mass is 10.0. The average molecular weight is 188 g/mol. The third-order valence-electron chi connectivity index (χ3n) is 2.86. The zero-order chi connectivity index (χ0) is 9.97. The van der Waals surface area contributed by atoms with Crippen LogP contribution in [0.15, 0.2) is 24.3 Å². The van der Waals surface area contributed by atoms with Gasteiger partial charge in [-0.3, -0.25) is 4.79 Å². The number of carbonyl (C=O) groups is 1. The molecule has 0 saturated heterocycles. The second-order valence-electron chi connectivity index (χ2n) is 4.29. The predicted octanol–water partition coefficient (Wildman–Crippen LogP) is 2.91. The summed E-state index contributed by atoms with van der Waals surface area (Å²) in [4.78, 5) is 11.6. The summed E-state index contributed by atoms with van der Waals surface area (Å²) in [6.07, 6.45) is 3.95. The number of aryl methyl sites for hydroxylation is 1. The van der Waals surface area contributed by atoms with Gasteiger partial charge in [0.2, 0.25) is 0 Å². The highest BCUT2D eigenvalue weighted by atomic mass is 16.1. The molecule has 1 fully saturated rings. The minimum atomic E-state index is 0.404. The monoisotopic (exact) mass is 188 g/mol. The molecule has 0 unspecified atom stereocenters. The van der Waals surface area contributed by atoms with Crippen molar-refractivity contribution in [3.63, 3.8) is 0 Å². The van der Waals surface area contributed by atoms with E-state index in [1.807, 2.05) is 12.1 Å². The SMILES string of the molecule is Cc1ccccc1CC(=O)CC1CC1. The molecule has 0 N–H and O–H groups in total. The van der Waals surface area contributed by atoms with Gasteiger partial charge >= 0.3 is 0 Å². The number of carbonyl (C=O) groups excluding carboxylic acids is 1. The third-order valence-corrected chi connectivity index (χ3v) is 2.86. The second-order valence-corrected chi connectivity index (χ2v) is 4.29. The van der Waals surface area contributed by atoms with Crippen LogP contribution in [-0.4, -0.2) is 5.78 Å². The van der Waals surface area contributed by atoms with Gasteiger partial charge in [-0.05, 0) is 36.8 Å². The summed E-state index contributed by atoms with van der Waals surface area (Å²) >= 11 is 0. The van der Waals surface area contributed by atoms with Crippen LogP contribution in [0.25, 0.3) is 0 Å². The molecule has 0 spiro atoms. The standard InChI is InChI=1S/C13H16O/c1-10-4-2-3-5-12(10)9-13(14)8-11-6-7-11/h2-5,11H,6-9H2,1H3. The summed E-state index contributed by atoms with van der Waals surface area (Å²) in [7, 11) is 0. The fraction of sp³-hybridized carbons (Fsp3) is 0.462. The Kier molecular flexibility index (Phi) is 2.67. The van der Waals surface area contributed by atoms with Crippen molar-refractivity contribution in [3.8, 4) is 0 Å². The highest BCUT2D eigenvalue weighted by molar-refractivity contribution is 5.81. The van der Waals surface area contributed by atoms with E-state index in [-0.39, 0.29) is 0 Å². The first kappa shape index (κ1) is 9.45. The fourth-order valence-electron chi connectivity index (χ4n) is 1.74. The maximum Gasteiger partial charge on any atom is 0.137 e. The van der Waals surface area contributed by atoms with Crippen LogP contribution >= 0.6 is 0 Å². The molecule has 1 aliphatic carbocycles. The van der Waals surface area contributed by atoms with Gasteiger partial charge in [0, 0.05) is 12.8 Å². The minimum absolute atomic E-state index is 0.404. The van der Waals surface area contributed by atoms with Crippen molar-refractivity contribution < 1.29 is 4.79 Å². The number of benzene rings is 1. The molecular formula is C13H16O. The molecule has 1 aromatic carbocycles. The van der Waals surface area contributed by atoms with Gasteiger partial charge in [0.25, 0.3) is 0 Å². The Morgan fingerprint density at radius 3 is 2.71 bits per heavy atom. The highest BCUT2D eigenvalue weighted by Crippen LogP contribution is 2.32. The van der Waals surface area contributed by atoms with Crippen molar-refractivity contribution in [2.45, 2.75) is 32.6 Å². The molecule has 2 rings (SSSR count). The third kappa shape index (κ3) is 2.44. The van der Waals surface area contributed by atoms with Crippen LogP contribution in [0.4, 0.5) is 0 Å². The first-order valence-corrected chi connectivity index (χ1v) is 5.32. The number of ketones is 1. The minimum Gasteiger partial charge on any atom is -0.299 e. The molecule has 0 amide bonds. The summed E-state index contributed by atoms with van der Waals surface area (Å²) in [6, 6.07) is 8.15. The van der Waals surface area contributed by atoms with E-state index in [0.717, 1.165) is 6.42 Å². The molecule has 1 nitrogen and oxygen atoms in total. The smallest absolute Gasteiger partial charge is 0.137 e. The van der Waals surface area contributed by atoms with E-state index >= 15 is 0 Å². The van der Waals surface area contributed by atoms with Crippen LogP contribution in [0.5, 0.6) is 0 Å². The van der Waals surface area contributed by atoms with Crippen molar-refractivity contribution in [1.29, 1.82) is 0 Å². The molecule has 14 heavy (non-hydrogen) atoms. The zero-order valence-electron chi connectivity index (χ0n) is 8.62. The molecule has 0 atom stereocenters. The van der Waals surface area contributed by atoms with Gasteiger partial charge in [0.1, 0.15) is 5.78 Å². The van der Waals surface area contributed by atoms with E-state index in [9.17, 15) is 4.79 Å². The van der Waals surface area contributed by atoms with E-state index in [2.05, 4.69) is 19.1 Å². The van der Waals surface area contributed by atoms with Crippen molar-refractivity contribution in [2.24, 2.45) is 5.92 Å². The average Bonchev–Trinajstić information content (AvgIpc) is 2.93. The molecule has 0 radical (unpaired) electrons. The predicted molar refractivity (Wildman–Crippen MR) is 57.2 cm³/mol. The number of rotatable bonds is 4. The normalized spacial score (nSPS) is 15.5. The first-order chi connectivity index (χ1) is 6.75. The van der Waals surface area contributed by atoms with E-state index in [0.29, 0.717) is 18.1 Å². The van der Waals surface area contributed by atoms with Crippen molar-refractivity contribution in [3.05, 3.63) is 35.4 Å². The van der Waals surface area contributed by atoms with Gasteiger partial charge in [-0.25, -0.2) is 0 Å². The van der Waals surface area contributed by atoms with Gasteiger partial charge in [-0.15, -0.1) is 0 Å². The Morgan fingerprint density at radius 1 is 1.36 bits per heavy atom. The van der Waals surface area contributed by atoms with Gasteiger partial charge in [-0.1, -0.05) is 24.3 Å². The summed E-state index contributed by atoms with van der Waals surface area (Å²) in [6.45, 7) is 2.07. The highest BCUT2D eigenvalue weighted by Gasteiger charge is 2.24. The Labute approximate surface area is 85.1 Å². The largest absolute Gasteiger partial charge is 0.299 e. The van der Waals surface area contributed by atoms with Crippen LogP contribution in [0.3, 0.4) is 0 Å². The molecular weight excluding hydrogens is 172 g/mol. The van der Waals surface area contributed by atoms with E-state index in [4.69, 9.17) is 0 Å². The van der Waals surface area contributed by atoms with Gasteiger partial charge < -0.3 is 0 Å². The van der Waals surface area contributed by atoms with Gasteiger partial charge in [0.05, 0.1) is 0 Å². The van der Waals surface area contributed by atoms with Crippen LogP contribution in [0.1, 0.15) is 30.4 Å². The van der Waals surface area contributed by atoms with Crippen molar-refractivity contribution in [1.82, 2.24) is 0 Å². The second kappa shape index (κ2) is 3.95. The maximum atomic E-state index is 11.6. The summed E-state index contributed by atoms with van der Waals surface area (Å²) in [5.41, 5.74) is 2.43. The Bertz CT molecular complexity index is 337. The van der Waals surface area contributed by atoms with Gasteiger partial charge in [0.15, 0.2) is 0 Å².